The topological polar surface area (TPSA) is 77.4 Å². The number of anilines is 1. The van der Waals surface area contributed by atoms with Gasteiger partial charge in [-0.15, -0.1) is 11.3 Å². The Bertz CT molecular complexity index is 1020. The average Bonchev–Trinajstić information content (AvgIpc) is 3.24. The number of ketones is 1. The van der Waals surface area contributed by atoms with Gasteiger partial charge in [0.25, 0.3) is 0 Å². The standard InChI is InChI=1S/C20H20N2O4S/c1-4-16(18(24)21-15-7-5-6-13(10-15)12(2)23)22-17(20(25)26-3)11-14-8-9-27-19(14)22/h5-11,16H,4H2,1-3H3,(H,21,24)/t16-/m1/s1. The second kappa shape index (κ2) is 7.75. The lowest BCUT2D eigenvalue weighted by molar-refractivity contribution is -0.119. The third-order valence-electron chi connectivity index (χ3n) is 4.38. The summed E-state index contributed by atoms with van der Waals surface area (Å²) in [6.07, 6.45) is 0.490. The summed E-state index contributed by atoms with van der Waals surface area (Å²) in [5.74, 6) is -0.811. The van der Waals surface area contributed by atoms with Crippen molar-refractivity contribution in [3.63, 3.8) is 0 Å². The highest BCUT2D eigenvalue weighted by atomic mass is 32.1. The Morgan fingerprint density at radius 3 is 2.67 bits per heavy atom. The molecular formula is C20H20N2O4S. The molecule has 3 aromatic rings. The first-order valence-electron chi connectivity index (χ1n) is 8.54. The number of carbonyl (C=O) groups is 3. The molecule has 0 aliphatic carbocycles. The Balaban J connectivity index is 1.97. The fourth-order valence-electron chi connectivity index (χ4n) is 3.04. The zero-order valence-corrected chi connectivity index (χ0v) is 16.1. The molecule has 1 amide bonds. The van der Waals surface area contributed by atoms with Crippen molar-refractivity contribution in [2.45, 2.75) is 26.3 Å². The fraction of sp³-hybridized carbons (Fsp3) is 0.250. The van der Waals surface area contributed by atoms with Gasteiger partial charge in [0.1, 0.15) is 16.6 Å². The summed E-state index contributed by atoms with van der Waals surface area (Å²) in [6, 6.07) is 9.86. The van der Waals surface area contributed by atoms with Crippen LogP contribution in [0.2, 0.25) is 0 Å². The summed E-state index contributed by atoms with van der Waals surface area (Å²) >= 11 is 1.47. The number of rotatable bonds is 6. The molecule has 0 radical (unpaired) electrons. The van der Waals surface area contributed by atoms with E-state index in [1.165, 1.54) is 25.4 Å². The maximum Gasteiger partial charge on any atom is 0.354 e. The maximum absolute atomic E-state index is 13.0. The van der Waals surface area contributed by atoms with Gasteiger partial charge in [-0.2, -0.15) is 0 Å². The molecule has 0 spiro atoms. The molecule has 27 heavy (non-hydrogen) atoms. The number of thiophene rings is 1. The van der Waals surface area contributed by atoms with Crippen LogP contribution in [0.25, 0.3) is 10.2 Å². The minimum absolute atomic E-state index is 0.0724. The van der Waals surface area contributed by atoms with Crippen LogP contribution in [0.4, 0.5) is 5.69 Å². The van der Waals surface area contributed by atoms with Crippen LogP contribution in [-0.4, -0.2) is 29.3 Å². The second-order valence-electron chi connectivity index (χ2n) is 6.12. The first kappa shape index (κ1) is 18.8. The van der Waals surface area contributed by atoms with Gasteiger partial charge < -0.3 is 14.6 Å². The van der Waals surface area contributed by atoms with Crippen molar-refractivity contribution in [2.75, 3.05) is 12.4 Å². The lowest BCUT2D eigenvalue weighted by Gasteiger charge is -2.20. The number of aromatic nitrogens is 1. The van der Waals surface area contributed by atoms with Gasteiger partial charge in [-0.05, 0) is 43.0 Å². The van der Waals surface area contributed by atoms with E-state index in [9.17, 15) is 14.4 Å². The zero-order chi connectivity index (χ0) is 19.6. The smallest absolute Gasteiger partial charge is 0.354 e. The van der Waals surface area contributed by atoms with Crippen molar-refractivity contribution in [1.82, 2.24) is 4.57 Å². The lowest BCUT2D eigenvalue weighted by atomic mass is 10.1. The number of esters is 1. The highest BCUT2D eigenvalue weighted by molar-refractivity contribution is 7.16. The number of amides is 1. The van der Waals surface area contributed by atoms with Crippen molar-refractivity contribution in [3.05, 3.63) is 53.0 Å². The first-order chi connectivity index (χ1) is 13.0. The molecule has 0 aliphatic rings. The molecule has 1 aromatic carbocycles. The number of hydrogen-bond acceptors (Lipinski definition) is 5. The highest BCUT2D eigenvalue weighted by Gasteiger charge is 2.27. The predicted octanol–water partition coefficient (Wildman–Crippen LogP) is 4.28. The maximum atomic E-state index is 13.0. The first-order valence-corrected chi connectivity index (χ1v) is 9.42. The quantitative estimate of drug-likeness (QED) is 0.508. The van der Waals surface area contributed by atoms with Crippen molar-refractivity contribution < 1.29 is 19.1 Å². The van der Waals surface area contributed by atoms with Gasteiger partial charge in [-0.1, -0.05) is 19.1 Å². The molecule has 2 aromatic heterocycles. The molecular weight excluding hydrogens is 364 g/mol. The molecule has 0 bridgehead atoms. The van der Waals surface area contributed by atoms with E-state index < -0.39 is 12.0 Å². The molecule has 0 unspecified atom stereocenters. The SMILES string of the molecule is CC[C@H](C(=O)Nc1cccc(C(C)=O)c1)n1c(C(=O)OC)cc2ccsc21. The number of benzene rings is 1. The van der Waals surface area contributed by atoms with E-state index in [0.717, 1.165) is 10.2 Å². The van der Waals surface area contributed by atoms with Crippen molar-refractivity contribution in [2.24, 2.45) is 0 Å². The number of nitrogens with one attached hydrogen (secondary N) is 1. The highest BCUT2D eigenvalue weighted by Crippen LogP contribution is 2.31. The van der Waals surface area contributed by atoms with Crippen molar-refractivity contribution in [1.29, 1.82) is 0 Å². The molecule has 0 saturated carbocycles. The Morgan fingerprint density at radius 1 is 1.22 bits per heavy atom. The molecule has 0 aliphatic heterocycles. The van der Waals surface area contributed by atoms with Crippen LogP contribution in [-0.2, 0) is 9.53 Å². The van der Waals surface area contributed by atoms with Gasteiger partial charge >= 0.3 is 5.97 Å². The van der Waals surface area contributed by atoms with E-state index in [1.807, 2.05) is 18.4 Å². The van der Waals surface area contributed by atoms with E-state index in [0.29, 0.717) is 23.4 Å². The summed E-state index contributed by atoms with van der Waals surface area (Å²) in [7, 11) is 1.32. The number of carbonyl (C=O) groups excluding carboxylic acids is 3. The largest absolute Gasteiger partial charge is 0.464 e. The number of nitrogens with zero attached hydrogens (tertiary/aromatic N) is 1. The molecule has 3 rings (SSSR count). The van der Waals surface area contributed by atoms with E-state index >= 15 is 0 Å². The van der Waals surface area contributed by atoms with Gasteiger partial charge in [-0.25, -0.2) is 4.79 Å². The normalized spacial score (nSPS) is 12.0. The van der Waals surface area contributed by atoms with Crippen LogP contribution >= 0.6 is 11.3 Å². The van der Waals surface area contributed by atoms with E-state index in [-0.39, 0.29) is 11.7 Å². The Kier molecular flexibility index (Phi) is 5.41. The number of ether oxygens (including phenoxy) is 1. The molecule has 2 heterocycles. The van der Waals surface area contributed by atoms with Gasteiger partial charge in [0.2, 0.25) is 5.91 Å². The lowest BCUT2D eigenvalue weighted by Crippen LogP contribution is -2.27. The minimum Gasteiger partial charge on any atom is -0.464 e. The van der Waals surface area contributed by atoms with Gasteiger partial charge in [0.05, 0.1) is 7.11 Å². The number of methoxy groups -OCH3 is 1. The molecule has 0 saturated heterocycles. The third-order valence-corrected chi connectivity index (χ3v) is 5.30. The third kappa shape index (κ3) is 3.64. The molecule has 7 heteroatoms. The second-order valence-corrected chi connectivity index (χ2v) is 7.02. The predicted molar refractivity (Wildman–Crippen MR) is 106 cm³/mol. The summed E-state index contributed by atoms with van der Waals surface area (Å²) in [5.41, 5.74) is 1.41. The Hall–Kier alpha value is -2.93. The van der Waals surface area contributed by atoms with Gasteiger partial charge in [0, 0.05) is 16.6 Å². The average molecular weight is 384 g/mol. The number of fused-ring (bicyclic) bond motifs is 1. The summed E-state index contributed by atoms with van der Waals surface area (Å²) < 4.78 is 6.62. The molecule has 1 N–H and O–H groups in total. The Morgan fingerprint density at radius 2 is 2.00 bits per heavy atom. The van der Waals surface area contributed by atoms with Crippen LogP contribution < -0.4 is 5.32 Å². The summed E-state index contributed by atoms with van der Waals surface area (Å²) in [5, 5.41) is 5.67. The summed E-state index contributed by atoms with van der Waals surface area (Å²) in [6.45, 7) is 3.36. The molecule has 0 fully saturated rings. The van der Waals surface area contributed by atoms with Gasteiger partial charge in [-0.3, -0.25) is 9.59 Å². The number of hydrogen-bond donors (Lipinski definition) is 1. The van der Waals surface area contributed by atoms with Crippen LogP contribution in [0.15, 0.2) is 41.8 Å². The van der Waals surface area contributed by atoms with Crippen LogP contribution in [0.5, 0.6) is 0 Å². The molecule has 6 nitrogen and oxygen atoms in total. The summed E-state index contributed by atoms with van der Waals surface area (Å²) in [4.78, 5) is 37.6. The van der Waals surface area contributed by atoms with Crippen LogP contribution in [0, 0.1) is 0 Å². The minimum atomic E-state index is -0.587. The van der Waals surface area contributed by atoms with E-state index in [4.69, 9.17) is 4.74 Å². The number of Topliss-reactive ketones (excluding diaryl/α,β-unsaturated/α-hetero) is 1. The van der Waals surface area contributed by atoms with Crippen LogP contribution in [0.1, 0.15) is 47.2 Å². The van der Waals surface area contributed by atoms with Crippen LogP contribution in [0.3, 0.4) is 0 Å². The fourth-order valence-corrected chi connectivity index (χ4v) is 3.99. The molecule has 140 valence electrons. The van der Waals surface area contributed by atoms with Crippen molar-refractivity contribution >= 4 is 44.9 Å². The molecule has 1 atom stereocenters. The van der Waals surface area contributed by atoms with Crippen molar-refractivity contribution in [3.8, 4) is 0 Å². The Labute approximate surface area is 160 Å². The zero-order valence-electron chi connectivity index (χ0n) is 15.3. The van der Waals surface area contributed by atoms with E-state index in [2.05, 4.69) is 5.32 Å². The van der Waals surface area contributed by atoms with Gasteiger partial charge in [0.15, 0.2) is 5.78 Å². The monoisotopic (exact) mass is 384 g/mol. The van der Waals surface area contributed by atoms with E-state index in [1.54, 1.807) is 34.9 Å².